The fraction of sp³-hybridized carbons (Fsp3) is 0.333. The second-order valence-electron chi connectivity index (χ2n) is 6.18. The van der Waals surface area contributed by atoms with E-state index in [0.29, 0.717) is 23.6 Å². The highest BCUT2D eigenvalue weighted by Gasteiger charge is 2.29. The maximum atomic E-state index is 12.2. The highest BCUT2D eigenvalue weighted by Crippen LogP contribution is 2.28. The van der Waals surface area contributed by atoms with Crippen LogP contribution in [0.4, 0.5) is 5.69 Å². The van der Waals surface area contributed by atoms with Crippen molar-refractivity contribution in [1.82, 2.24) is 0 Å². The molecule has 0 atom stereocenters. The molecule has 0 saturated carbocycles. The minimum absolute atomic E-state index is 0.0219. The highest BCUT2D eigenvalue weighted by molar-refractivity contribution is 6.69. The van der Waals surface area contributed by atoms with Crippen LogP contribution in [0, 0.1) is 0 Å². The molecule has 2 aliphatic rings. The van der Waals surface area contributed by atoms with Crippen molar-refractivity contribution in [2.24, 2.45) is 35.7 Å². The van der Waals surface area contributed by atoms with Gasteiger partial charge < -0.3 is 4.74 Å². The Kier molecular flexibility index (Phi) is 5.86. The molecule has 1 amide bonds. The Bertz CT molecular complexity index is 1020. The number of hydrogen-bond donors (Lipinski definition) is 0. The predicted molar refractivity (Wildman–Crippen MR) is 103 cm³/mol. The van der Waals surface area contributed by atoms with E-state index in [1.54, 1.807) is 18.2 Å². The number of amidine groups is 2. The number of azo groups is 1. The number of rotatable bonds is 8. The second-order valence-corrected chi connectivity index (χ2v) is 6.18. The molecule has 0 aromatic heterocycles. The number of amides is 1. The lowest BCUT2D eigenvalue weighted by Gasteiger charge is -2.13. The number of benzene rings is 1. The summed E-state index contributed by atoms with van der Waals surface area (Å²) >= 11 is 0. The van der Waals surface area contributed by atoms with E-state index in [1.165, 1.54) is 13.8 Å². The van der Waals surface area contributed by atoms with Gasteiger partial charge in [-0.05, 0) is 43.7 Å². The lowest BCUT2D eigenvalue weighted by molar-refractivity contribution is -0.126. The summed E-state index contributed by atoms with van der Waals surface area (Å²) in [5.74, 6) is -0.847. The molecule has 0 unspecified atom stereocenters. The van der Waals surface area contributed by atoms with Crippen LogP contribution in [0.3, 0.4) is 0 Å². The minimum Gasteiger partial charge on any atom is -0.493 e. The first kappa shape index (κ1) is 20.0. The van der Waals surface area contributed by atoms with Gasteiger partial charge >= 0.3 is 5.91 Å². The molecule has 2 heterocycles. The lowest BCUT2D eigenvalue weighted by Crippen LogP contribution is -2.26. The number of ketones is 2. The van der Waals surface area contributed by atoms with E-state index in [4.69, 9.17) is 4.74 Å². The molecular formula is C18H17N7O4. The topological polar surface area (TPSA) is 147 Å². The summed E-state index contributed by atoms with van der Waals surface area (Å²) in [5.41, 5.74) is 0.699. The zero-order valence-electron chi connectivity index (χ0n) is 16.0. The fourth-order valence-corrected chi connectivity index (χ4v) is 2.48. The monoisotopic (exact) mass is 395 g/mol. The zero-order chi connectivity index (χ0) is 21.0. The zero-order valence-corrected chi connectivity index (χ0v) is 16.0. The third kappa shape index (κ3) is 4.39. The molecule has 0 radical (unpaired) electrons. The van der Waals surface area contributed by atoms with Gasteiger partial charge in [0.2, 0.25) is 11.5 Å². The van der Waals surface area contributed by atoms with Crippen molar-refractivity contribution < 1.29 is 19.1 Å². The first-order valence-electron chi connectivity index (χ1n) is 8.80. The van der Waals surface area contributed by atoms with Crippen LogP contribution < -0.4 is 4.74 Å². The number of aliphatic imine (C=N–C) groups is 2. The van der Waals surface area contributed by atoms with E-state index in [9.17, 15) is 14.4 Å². The largest absolute Gasteiger partial charge is 0.493 e. The molecule has 0 fully saturated rings. The molecule has 0 N–H and O–H groups in total. The van der Waals surface area contributed by atoms with Crippen LogP contribution in [0.1, 0.15) is 32.8 Å². The molecule has 0 spiro atoms. The van der Waals surface area contributed by atoms with Crippen molar-refractivity contribution in [3.8, 4) is 5.75 Å². The van der Waals surface area contributed by atoms with Gasteiger partial charge in [0.05, 0.1) is 17.9 Å². The Balaban J connectivity index is 2.00. The highest BCUT2D eigenvalue weighted by atomic mass is 16.5. The second kappa shape index (κ2) is 8.50. The molecular weight excluding hydrogens is 378 g/mol. The number of Topliss-reactive ketones (excluding diaryl/α,β-unsaturated/α-hetero) is 2. The van der Waals surface area contributed by atoms with E-state index < -0.39 is 23.5 Å². The van der Waals surface area contributed by atoms with Crippen LogP contribution in [0.2, 0.25) is 0 Å². The summed E-state index contributed by atoms with van der Waals surface area (Å²) < 4.78 is 5.72. The number of ether oxygens (including phenoxy) is 1. The van der Waals surface area contributed by atoms with Crippen LogP contribution in [-0.2, 0) is 14.4 Å². The maximum absolute atomic E-state index is 12.2. The summed E-state index contributed by atoms with van der Waals surface area (Å²) in [5, 5.41) is 18.6. The summed E-state index contributed by atoms with van der Waals surface area (Å²) in [6.45, 7) is 4.93. The van der Waals surface area contributed by atoms with Crippen molar-refractivity contribution in [1.29, 1.82) is 0 Å². The molecule has 1 aromatic rings. The van der Waals surface area contributed by atoms with Gasteiger partial charge in [-0.1, -0.05) is 6.92 Å². The van der Waals surface area contributed by atoms with E-state index in [1.807, 2.05) is 6.92 Å². The fourth-order valence-electron chi connectivity index (χ4n) is 2.48. The Hall–Kier alpha value is -3.76. The molecule has 0 saturated heterocycles. The standard InChI is InChI=1S/C18H17N7O4/c1-4-7-29-13-6-5-11(21-22-14(9(2)26)10(3)27)8-12(13)16-19-17-15(18(28)20-16)23-25-24-17/h5-6,8,14H,4,7H2,1-3H3. The van der Waals surface area contributed by atoms with Crippen LogP contribution in [-0.4, -0.2) is 47.5 Å². The summed E-state index contributed by atoms with van der Waals surface area (Å²) in [6, 6.07) is 3.62. The van der Waals surface area contributed by atoms with Crippen LogP contribution in [0.25, 0.3) is 0 Å². The Morgan fingerprint density at radius 1 is 1.14 bits per heavy atom. The van der Waals surface area contributed by atoms with Gasteiger partial charge in [0, 0.05) is 0 Å². The van der Waals surface area contributed by atoms with Crippen LogP contribution in [0.5, 0.6) is 5.75 Å². The van der Waals surface area contributed by atoms with Crippen molar-refractivity contribution >= 4 is 40.5 Å². The molecule has 0 bridgehead atoms. The van der Waals surface area contributed by atoms with Gasteiger partial charge in [-0.2, -0.15) is 15.2 Å². The first-order chi connectivity index (χ1) is 13.9. The van der Waals surface area contributed by atoms with Gasteiger partial charge in [-0.3, -0.25) is 14.4 Å². The van der Waals surface area contributed by atoms with Gasteiger partial charge in [0.25, 0.3) is 0 Å². The molecule has 2 aliphatic heterocycles. The van der Waals surface area contributed by atoms with Gasteiger partial charge in [-0.15, -0.1) is 10.2 Å². The van der Waals surface area contributed by atoms with E-state index in [2.05, 4.69) is 35.7 Å². The average Bonchev–Trinajstić information content (AvgIpc) is 3.15. The van der Waals surface area contributed by atoms with Crippen molar-refractivity contribution in [3.05, 3.63) is 23.8 Å². The molecule has 29 heavy (non-hydrogen) atoms. The van der Waals surface area contributed by atoms with Gasteiger partial charge in [-0.25, -0.2) is 4.99 Å². The summed E-state index contributed by atoms with van der Waals surface area (Å²) in [7, 11) is 0. The number of carbonyl (C=O) groups excluding carboxylic acids is 3. The van der Waals surface area contributed by atoms with Crippen LogP contribution >= 0.6 is 0 Å². The Labute approximate surface area is 165 Å². The van der Waals surface area contributed by atoms with Gasteiger partial charge in [0.15, 0.2) is 23.4 Å². The minimum atomic E-state index is -1.17. The number of carbonyl (C=O) groups is 3. The van der Waals surface area contributed by atoms with Crippen molar-refractivity contribution in [3.63, 3.8) is 0 Å². The quantitative estimate of drug-likeness (QED) is 0.491. The predicted octanol–water partition coefficient (Wildman–Crippen LogP) is 2.61. The molecule has 3 rings (SSSR count). The molecule has 148 valence electrons. The number of nitrogens with zero attached hydrogens (tertiary/aromatic N) is 7. The Morgan fingerprint density at radius 3 is 2.59 bits per heavy atom. The summed E-state index contributed by atoms with van der Waals surface area (Å²) in [4.78, 5) is 43.4. The van der Waals surface area contributed by atoms with E-state index in [-0.39, 0.29) is 17.4 Å². The smallest absolute Gasteiger partial charge is 0.303 e. The Morgan fingerprint density at radius 2 is 1.90 bits per heavy atom. The number of hydrogen-bond acceptors (Lipinski definition) is 10. The summed E-state index contributed by atoms with van der Waals surface area (Å²) in [6.07, 6.45) is 0.769. The molecule has 1 aromatic carbocycles. The molecule has 11 heteroatoms. The normalized spacial score (nSPS) is 15.3. The maximum Gasteiger partial charge on any atom is 0.303 e. The van der Waals surface area contributed by atoms with Crippen LogP contribution in [0.15, 0.2) is 53.9 Å². The third-order valence-electron chi connectivity index (χ3n) is 3.84. The third-order valence-corrected chi connectivity index (χ3v) is 3.84. The number of fused-ring (bicyclic) bond motifs is 1. The SMILES string of the molecule is CCCOc1ccc(N=NC(C(C)=O)C(C)=O)cc1C1=NC(=O)C2=NN=NC2=N1. The van der Waals surface area contributed by atoms with E-state index >= 15 is 0 Å². The van der Waals surface area contributed by atoms with Gasteiger partial charge in [0.1, 0.15) is 5.75 Å². The first-order valence-corrected chi connectivity index (χ1v) is 8.80. The molecule has 11 nitrogen and oxygen atoms in total. The van der Waals surface area contributed by atoms with Crippen molar-refractivity contribution in [2.75, 3.05) is 6.61 Å². The van der Waals surface area contributed by atoms with Crippen molar-refractivity contribution in [2.45, 2.75) is 33.2 Å². The lowest BCUT2D eigenvalue weighted by atomic mass is 10.1. The molecule has 0 aliphatic carbocycles. The average molecular weight is 395 g/mol. The van der Waals surface area contributed by atoms with E-state index in [0.717, 1.165) is 6.42 Å².